The van der Waals surface area contributed by atoms with Gasteiger partial charge in [-0.3, -0.25) is 4.79 Å². The Hall–Kier alpha value is -2.89. The highest BCUT2D eigenvalue weighted by Gasteiger charge is 2.16. The topological polar surface area (TPSA) is 114 Å². The Morgan fingerprint density at radius 1 is 1.18 bits per heavy atom. The lowest BCUT2D eigenvalue weighted by Crippen LogP contribution is -2.26. The monoisotopic (exact) mass is 505 g/mol. The van der Waals surface area contributed by atoms with Crippen molar-refractivity contribution in [2.24, 2.45) is 0 Å². The van der Waals surface area contributed by atoms with Crippen molar-refractivity contribution in [2.45, 2.75) is 15.7 Å². The molecule has 0 spiro atoms. The van der Waals surface area contributed by atoms with E-state index in [4.69, 9.17) is 4.74 Å². The van der Waals surface area contributed by atoms with Gasteiger partial charge in [0.05, 0.1) is 20.9 Å². The highest BCUT2D eigenvalue weighted by Crippen LogP contribution is 2.31. The summed E-state index contributed by atoms with van der Waals surface area (Å²) in [5.74, 6) is -0.00762. The maximum Gasteiger partial charge on any atom is 0.407 e. The number of sulfone groups is 1. The maximum atomic E-state index is 12.3. The van der Waals surface area contributed by atoms with Gasteiger partial charge >= 0.3 is 6.09 Å². The molecule has 3 rings (SSSR count). The number of fused-ring (bicyclic) bond motifs is 1. The first kappa shape index (κ1) is 24.7. The number of alkyl carbamates (subject to hydrolysis) is 1. The first-order chi connectivity index (χ1) is 15.9. The van der Waals surface area contributed by atoms with Gasteiger partial charge in [0.15, 0.2) is 14.2 Å². The molecule has 0 atom stereocenters. The first-order valence-electron chi connectivity index (χ1n) is 10.00. The summed E-state index contributed by atoms with van der Waals surface area (Å²) in [4.78, 5) is 28.4. The van der Waals surface area contributed by atoms with E-state index in [-0.39, 0.29) is 29.6 Å². The van der Waals surface area contributed by atoms with E-state index in [2.05, 4.69) is 22.2 Å². The zero-order chi connectivity index (χ0) is 23.7. The summed E-state index contributed by atoms with van der Waals surface area (Å²) >= 11 is 2.98. The number of aromatic nitrogens is 1. The molecule has 33 heavy (non-hydrogen) atoms. The third-order valence-electron chi connectivity index (χ3n) is 4.28. The van der Waals surface area contributed by atoms with Gasteiger partial charge in [0.1, 0.15) is 6.61 Å². The molecular formula is C22H23N3O5S3. The van der Waals surface area contributed by atoms with Crippen LogP contribution in [0.2, 0.25) is 0 Å². The molecule has 0 aliphatic heterocycles. The summed E-state index contributed by atoms with van der Waals surface area (Å²) in [6.45, 7) is 4.08. The van der Waals surface area contributed by atoms with Crippen molar-refractivity contribution in [1.82, 2.24) is 10.3 Å². The number of nitrogens with one attached hydrogen (secondary N) is 2. The normalized spacial score (nSPS) is 11.2. The van der Waals surface area contributed by atoms with Crippen LogP contribution in [-0.4, -0.2) is 50.1 Å². The smallest absolute Gasteiger partial charge is 0.407 e. The number of rotatable bonds is 11. The summed E-state index contributed by atoms with van der Waals surface area (Å²) in [7, 11) is -3.51. The fourth-order valence-corrected chi connectivity index (χ4v) is 6.01. The molecule has 11 heteroatoms. The van der Waals surface area contributed by atoms with Crippen LogP contribution in [0.4, 0.5) is 10.5 Å². The first-order valence-corrected chi connectivity index (χ1v) is 13.5. The number of hydrogen-bond donors (Lipinski definition) is 2. The van der Waals surface area contributed by atoms with Crippen LogP contribution < -0.4 is 10.6 Å². The standard InChI is InChI=1S/C22H23N3O5S3/c1-2-12-30-21(27)23-11-13-31-22-25-18-9-8-16(15-19(18)32-22)24-20(26)10-14-33(28,29)17-6-4-3-5-7-17/h2-9,15H,1,10-14H2,(H,23,27)(H,24,26). The van der Waals surface area contributed by atoms with Crippen LogP contribution in [-0.2, 0) is 19.4 Å². The van der Waals surface area contributed by atoms with Gasteiger partial charge in [-0.15, -0.1) is 11.3 Å². The Morgan fingerprint density at radius 2 is 1.97 bits per heavy atom. The minimum absolute atomic E-state index is 0.138. The van der Waals surface area contributed by atoms with Crippen LogP contribution in [0.15, 0.2) is 70.4 Å². The summed E-state index contributed by atoms with van der Waals surface area (Å²) in [6, 6.07) is 13.4. The molecular weight excluding hydrogens is 482 g/mol. The van der Waals surface area contributed by atoms with Crippen molar-refractivity contribution in [3.8, 4) is 0 Å². The van der Waals surface area contributed by atoms with E-state index in [1.54, 1.807) is 30.3 Å². The Morgan fingerprint density at radius 3 is 2.73 bits per heavy atom. The number of carbonyl (C=O) groups excluding carboxylic acids is 2. The van der Waals surface area contributed by atoms with Crippen LogP contribution in [0.1, 0.15) is 6.42 Å². The van der Waals surface area contributed by atoms with E-state index in [0.717, 1.165) is 14.6 Å². The van der Waals surface area contributed by atoms with Crippen LogP contribution in [0.25, 0.3) is 10.2 Å². The predicted octanol–water partition coefficient (Wildman–Crippen LogP) is 4.10. The zero-order valence-corrected chi connectivity index (χ0v) is 20.1. The van der Waals surface area contributed by atoms with Crippen molar-refractivity contribution in [1.29, 1.82) is 0 Å². The van der Waals surface area contributed by atoms with E-state index in [1.165, 1.54) is 41.3 Å². The van der Waals surface area contributed by atoms with Gasteiger partial charge < -0.3 is 15.4 Å². The molecule has 0 saturated heterocycles. The highest BCUT2D eigenvalue weighted by atomic mass is 32.2. The molecule has 2 N–H and O–H groups in total. The van der Waals surface area contributed by atoms with Crippen LogP contribution in [0, 0.1) is 0 Å². The largest absolute Gasteiger partial charge is 0.445 e. The number of carbonyl (C=O) groups is 2. The molecule has 1 aromatic heterocycles. The molecule has 2 amide bonds. The fraction of sp³-hybridized carbons (Fsp3) is 0.227. The van der Waals surface area contributed by atoms with E-state index in [1.807, 2.05) is 6.07 Å². The second kappa shape index (κ2) is 11.8. The van der Waals surface area contributed by atoms with Crippen molar-refractivity contribution < 1.29 is 22.7 Å². The lowest BCUT2D eigenvalue weighted by Gasteiger charge is -2.06. The van der Waals surface area contributed by atoms with Gasteiger partial charge in [-0.1, -0.05) is 42.6 Å². The minimum Gasteiger partial charge on any atom is -0.445 e. The molecule has 174 valence electrons. The van der Waals surface area contributed by atoms with E-state index in [9.17, 15) is 18.0 Å². The molecule has 0 aliphatic rings. The average Bonchev–Trinajstić information content (AvgIpc) is 3.22. The number of thiazole rings is 1. The van der Waals surface area contributed by atoms with E-state index < -0.39 is 15.9 Å². The number of anilines is 1. The molecule has 2 aromatic carbocycles. The molecule has 8 nitrogen and oxygen atoms in total. The van der Waals surface area contributed by atoms with E-state index >= 15 is 0 Å². The summed E-state index contributed by atoms with van der Waals surface area (Å²) in [5, 5.41) is 5.39. The number of amides is 2. The quantitative estimate of drug-likeness (QED) is 0.229. The molecule has 0 saturated carbocycles. The second-order valence-corrected chi connectivity index (χ2v) is 11.2. The van der Waals surface area contributed by atoms with Crippen LogP contribution in [0.5, 0.6) is 0 Å². The lowest BCUT2D eigenvalue weighted by molar-refractivity contribution is -0.115. The fourth-order valence-electron chi connectivity index (χ4n) is 2.72. The Labute approximate surface area is 200 Å². The SMILES string of the molecule is C=CCOC(=O)NCCSc1nc2ccc(NC(=O)CCS(=O)(=O)c3ccccc3)cc2s1. The van der Waals surface area contributed by atoms with Gasteiger partial charge in [0, 0.05) is 24.4 Å². The molecule has 0 fully saturated rings. The Bertz CT molecular complexity index is 1230. The number of hydrogen-bond acceptors (Lipinski definition) is 8. The minimum atomic E-state index is -3.51. The predicted molar refractivity (Wildman–Crippen MR) is 132 cm³/mol. The molecule has 0 aliphatic carbocycles. The van der Waals surface area contributed by atoms with Crippen molar-refractivity contribution in [2.75, 3.05) is 30.0 Å². The van der Waals surface area contributed by atoms with Crippen LogP contribution in [0.3, 0.4) is 0 Å². The lowest BCUT2D eigenvalue weighted by atomic mass is 10.3. The third kappa shape index (κ3) is 7.58. The third-order valence-corrected chi connectivity index (χ3v) is 8.18. The number of nitrogens with zero attached hydrogens (tertiary/aromatic N) is 1. The van der Waals surface area contributed by atoms with Crippen molar-refractivity contribution in [3.63, 3.8) is 0 Å². The van der Waals surface area contributed by atoms with Gasteiger partial charge in [-0.05, 0) is 30.3 Å². The van der Waals surface area contributed by atoms with Gasteiger partial charge in [0.25, 0.3) is 0 Å². The second-order valence-electron chi connectivity index (χ2n) is 6.75. The van der Waals surface area contributed by atoms with Gasteiger partial charge in [0.2, 0.25) is 5.91 Å². The summed E-state index contributed by atoms with van der Waals surface area (Å²) in [6.07, 6.45) is 0.872. The molecule has 0 unspecified atom stereocenters. The average molecular weight is 506 g/mol. The number of ether oxygens (including phenoxy) is 1. The number of benzene rings is 2. The Balaban J connectivity index is 1.50. The molecule has 0 radical (unpaired) electrons. The van der Waals surface area contributed by atoms with Crippen molar-refractivity contribution in [3.05, 3.63) is 61.2 Å². The van der Waals surface area contributed by atoms with Crippen LogP contribution >= 0.6 is 23.1 Å². The van der Waals surface area contributed by atoms with Crippen molar-refractivity contribution >= 4 is 60.8 Å². The summed E-state index contributed by atoms with van der Waals surface area (Å²) < 4.78 is 31.2. The molecule has 0 bridgehead atoms. The summed E-state index contributed by atoms with van der Waals surface area (Å²) in [5.41, 5.74) is 1.38. The highest BCUT2D eigenvalue weighted by molar-refractivity contribution is 8.01. The Kier molecular flexibility index (Phi) is 8.87. The van der Waals surface area contributed by atoms with Gasteiger partial charge in [-0.2, -0.15) is 0 Å². The molecule has 3 aromatic rings. The number of thioether (sulfide) groups is 1. The maximum absolute atomic E-state index is 12.3. The zero-order valence-electron chi connectivity index (χ0n) is 17.7. The van der Waals surface area contributed by atoms with E-state index in [0.29, 0.717) is 18.0 Å². The van der Waals surface area contributed by atoms with Gasteiger partial charge in [-0.25, -0.2) is 18.2 Å². The molecule has 1 heterocycles.